The summed E-state index contributed by atoms with van der Waals surface area (Å²) in [6, 6.07) is 1.94. The van der Waals surface area contributed by atoms with Crippen molar-refractivity contribution in [1.29, 1.82) is 0 Å². The highest BCUT2D eigenvalue weighted by atomic mass is 32.1. The van der Waals surface area contributed by atoms with Crippen LogP contribution in [0.1, 0.15) is 37.0 Å². The van der Waals surface area contributed by atoms with Gasteiger partial charge in [-0.05, 0) is 12.5 Å². The quantitative estimate of drug-likeness (QED) is 0.716. The van der Waals surface area contributed by atoms with E-state index in [0.29, 0.717) is 5.92 Å². The fourth-order valence-electron chi connectivity index (χ4n) is 2.02. The SMILES string of the molecule is CCCc1nnc2sc([C@@H](C)Cn3cccn3)nn12. The van der Waals surface area contributed by atoms with Crippen molar-refractivity contribution in [2.75, 3.05) is 0 Å². The van der Waals surface area contributed by atoms with Crippen molar-refractivity contribution in [2.45, 2.75) is 39.2 Å². The van der Waals surface area contributed by atoms with Gasteiger partial charge in [-0.15, -0.1) is 10.2 Å². The van der Waals surface area contributed by atoms with Gasteiger partial charge in [0, 0.05) is 31.3 Å². The minimum absolute atomic E-state index is 0.320. The van der Waals surface area contributed by atoms with Crippen LogP contribution in [0.4, 0.5) is 0 Å². The number of rotatable bonds is 5. The number of aromatic nitrogens is 6. The molecule has 19 heavy (non-hydrogen) atoms. The summed E-state index contributed by atoms with van der Waals surface area (Å²) >= 11 is 1.61. The van der Waals surface area contributed by atoms with E-state index in [1.165, 1.54) is 0 Å². The van der Waals surface area contributed by atoms with Gasteiger partial charge in [0.05, 0.1) is 0 Å². The number of hydrogen-bond donors (Lipinski definition) is 0. The molecule has 0 fully saturated rings. The van der Waals surface area contributed by atoms with E-state index < -0.39 is 0 Å². The molecule has 0 N–H and O–H groups in total. The van der Waals surface area contributed by atoms with Crippen LogP contribution < -0.4 is 0 Å². The lowest BCUT2D eigenvalue weighted by Crippen LogP contribution is -2.07. The molecule has 6 nitrogen and oxygen atoms in total. The van der Waals surface area contributed by atoms with Crippen LogP contribution >= 0.6 is 11.3 Å². The third kappa shape index (κ3) is 2.37. The average Bonchev–Trinajstić information content (AvgIpc) is 3.07. The van der Waals surface area contributed by atoms with Gasteiger partial charge in [0.15, 0.2) is 5.82 Å². The molecule has 0 aromatic carbocycles. The molecular weight excluding hydrogens is 260 g/mol. The van der Waals surface area contributed by atoms with Gasteiger partial charge in [-0.1, -0.05) is 25.2 Å². The zero-order chi connectivity index (χ0) is 13.2. The Hall–Kier alpha value is -1.76. The standard InChI is InChI=1S/C12H16N6S/c1-3-5-10-14-15-12-18(10)16-11(19-12)9(2)8-17-7-4-6-13-17/h4,6-7,9H,3,5,8H2,1-2H3/t9-/m0/s1. The molecule has 0 aliphatic rings. The summed E-state index contributed by atoms with van der Waals surface area (Å²) in [6.45, 7) is 5.13. The Morgan fingerprint density at radius 3 is 3.00 bits per heavy atom. The molecule has 0 unspecified atom stereocenters. The van der Waals surface area contributed by atoms with Gasteiger partial charge in [0.25, 0.3) is 0 Å². The zero-order valence-electron chi connectivity index (χ0n) is 11.0. The number of hydrogen-bond acceptors (Lipinski definition) is 5. The monoisotopic (exact) mass is 276 g/mol. The Balaban J connectivity index is 1.84. The summed E-state index contributed by atoms with van der Waals surface area (Å²) in [5.41, 5.74) is 0. The average molecular weight is 276 g/mol. The first-order chi connectivity index (χ1) is 9.28. The number of aryl methyl sites for hydroxylation is 1. The van der Waals surface area contributed by atoms with Crippen LogP contribution in [0.5, 0.6) is 0 Å². The first kappa shape index (κ1) is 12.3. The number of nitrogens with zero attached hydrogens (tertiary/aromatic N) is 6. The fraction of sp³-hybridized carbons (Fsp3) is 0.500. The van der Waals surface area contributed by atoms with Gasteiger partial charge in [0.1, 0.15) is 5.01 Å². The van der Waals surface area contributed by atoms with E-state index in [0.717, 1.165) is 35.2 Å². The molecule has 1 atom stereocenters. The molecule has 0 bridgehead atoms. The lowest BCUT2D eigenvalue weighted by molar-refractivity contribution is 0.536. The maximum Gasteiger partial charge on any atom is 0.234 e. The van der Waals surface area contributed by atoms with Gasteiger partial charge in [-0.25, -0.2) is 0 Å². The zero-order valence-corrected chi connectivity index (χ0v) is 11.8. The summed E-state index contributed by atoms with van der Waals surface area (Å²) in [5.74, 6) is 1.27. The van der Waals surface area contributed by atoms with Crippen molar-refractivity contribution in [2.24, 2.45) is 0 Å². The van der Waals surface area contributed by atoms with Crippen molar-refractivity contribution in [1.82, 2.24) is 29.6 Å². The van der Waals surface area contributed by atoms with Crippen LogP contribution in [-0.4, -0.2) is 29.6 Å². The highest BCUT2D eigenvalue weighted by Gasteiger charge is 2.16. The van der Waals surface area contributed by atoms with Crippen molar-refractivity contribution in [3.05, 3.63) is 29.3 Å². The summed E-state index contributed by atoms with van der Waals surface area (Å²) in [5, 5.41) is 18.3. The summed E-state index contributed by atoms with van der Waals surface area (Å²) in [7, 11) is 0. The molecule has 100 valence electrons. The normalized spacial score (nSPS) is 13.2. The molecule has 3 aromatic heterocycles. The van der Waals surface area contributed by atoms with Gasteiger partial charge in [-0.3, -0.25) is 4.68 Å². The lowest BCUT2D eigenvalue weighted by Gasteiger charge is -2.07. The van der Waals surface area contributed by atoms with Crippen LogP contribution in [-0.2, 0) is 13.0 Å². The Bertz CT molecular complexity index is 653. The third-order valence-corrected chi connectivity index (χ3v) is 4.12. The first-order valence-corrected chi connectivity index (χ1v) is 7.28. The lowest BCUT2D eigenvalue weighted by atomic mass is 10.2. The molecule has 0 radical (unpaired) electrons. The largest absolute Gasteiger partial charge is 0.272 e. The maximum absolute atomic E-state index is 4.64. The molecule has 3 heterocycles. The van der Waals surface area contributed by atoms with Crippen LogP contribution in [0.3, 0.4) is 0 Å². The van der Waals surface area contributed by atoms with Gasteiger partial charge in [-0.2, -0.15) is 14.7 Å². The Morgan fingerprint density at radius 1 is 1.37 bits per heavy atom. The van der Waals surface area contributed by atoms with E-state index in [2.05, 4.69) is 34.2 Å². The minimum Gasteiger partial charge on any atom is -0.272 e. The molecule has 0 spiro atoms. The van der Waals surface area contributed by atoms with E-state index >= 15 is 0 Å². The van der Waals surface area contributed by atoms with Crippen LogP contribution in [0.15, 0.2) is 18.5 Å². The fourth-order valence-corrected chi connectivity index (χ4v) is 2.92. The second kappa shape index (κ2) is 5.08. The molecule has 0 amide bonds. The molecule has 3 aromatic rings. The molecule has 0 saturated carbocycles. The third-order valence-electron chi connectivity index (χ3n) is 2.99. The number of fused-ring (bicyclic) bond motifs is 1. The van der Waals surface area contributed by atoms with Crippen LogP contribution in [0, 0.1) is 0 Å². The second-order valence-corrected chi connectivity index (χ2v) is 5.62. The molecule has 3 rings (SSSR count). The predicted molar refractivity (Wildman–Crippen MR) is 73.3 cm³/mol. The highest BCUT2D eigenvalue weighted by Crippen LogP contribution is 2.23. The molecule has 0 saturated heterocycles. The molecule has 0 aliphatic carbocycles. The first-order valence-electron chi connectivity index (χ1n) is 6.46. The van der Waals surface area contributed by atoms with E-state index in [9.17, 15) is 0 Å². The Morgan fingerprint density at radius 2 is 2.26 bits per heavy atom. The summed E-state index contributed by atoms with van der Waals surface area (Å²) in [6.07, 6.45) is 5.73. The summed E-state index contributed by atoms with van der Waals surface area (Å²) in [4.78, 5) is 0.880. The smallest absolute Gasteiger partial charge is 0.234 e. The van der Waals surface area contributed by atoms with Crippen molar-refractivity contribution < 1.29 is 0 Å². The van der Waals surface area contributed by atoms with Crippen molar-refractivity contribution >= 4 is 16.3 Å². The highest BCUT2D eigenvalue weighted by molar-refractivity contribution is 7.16. The van der Waals surface area contributed by atoms with E-state index in [4.69, 9.17) is 0 Å². The minimum atomic E-state index is 0.320. The van der Waals surface area contributed by atoms with E-state index in [1.54, 1.807) is 17.5 Å². The molecule has 0 aliphatic heterocycles. The molecular formula is C12H16N6S. The predicted octanol–water partition coefficient (Wildman–Crippen LogP) is 2.14. The van der Waals surface area contributed by atoms with Gasteiger partial charge >= 0.3 is 0 Å². The van der Waals surface area contributed by atoms with Gasteiger partial charge < -0.3 is 0 Å². The van der Waals surface area contributed by atoms with Gasteiger partial charge in [0.2, 0.25) is 4.96 Å². The maximum atomic E-state index is 4.64. The van der Waals surface area contributed by atoms with Crippen LogP contribution in [0.25, 0.3) is 4.96 Å². The van der Waals surface area contributed by atoms with E-state index in [1.807, 2.05) is 21.5 Å². The van der Waals surface area contributed by atoms with Crippen molar-refractivity contribution in [3.8, 4) is 0 Å². The Labute approximate surface area is 115 Å². The topological polar surface area (TPSA) is 60.9 Å². The second-order valence-electron chi connectivity index (χ2n) is 4.63. The van der Waals surface area contributed by atoms with Crippen LogP contribution in [0.2, 0.25) is 0 Å². The summed E-state index contributed by atoms with van der Waals surface area (Å²) < 4.78 is 3.81. The molecule has 7 heteroatoms. The van der Waals surface area contributed by atoms with Crippen molar-refractivity contribution in [3.63, 3.8) is 0 Å². The Kier molecular flexibility index (Phi) is 3.29. The van der Waals surface area contributed by atoms with E-state index in [-0.39, 0.29) is 0 Å².